The minimum Gasteiger partial charge on any atom is -0.493 e. The van der Waals surface area contributed by atoms with Gasteiger partial charge < -0.3 is 19.9 Å². The van der Waals surface area contributed by atoms with Crippen molar-refractivity contribution in [3.63, 3.8) is 0 Å². The predicted molar refractivity (Wildman–Crippen MR) is 104 cm³/mol. The van der Waals surface area contributed by atoms with Gasteiger partial charge in [-0.15, -0.1) is 12.4 Å². The molecule has 0 aromatic heterocycles. The van der Waals surface area contributed by atoms with Gasteiger partial charge in [0.25, 0.3) is 0 Å². The smallest absolute Gasteiger partial charge is 0.180 e. The number of aliphatic hydroxyl groups is 1. The molecule has 0 bridgehead atoms. The molecule has 0 spiro atoms. The van der Waals surface area contributed by atoms with Gasteiger partial charge in [-0.1, -0.05) is 54.6 Å². The van der Waals surface area contributed by atoms with E-state index < -0.39 is 6.10 Å². The molecule has 6 heteroatoms. The number of nitrogens with one attached hydrogen (secondary N) is 1. The predicted octanol–water partition coefficient (Wildman–Crippen LogP) is 4.16. The van der Waals surface area contributed by atoms with Gasteiger partial charge in [0.05, 0.1) is 18.2 Å². The first kappa shape index (κ1) is 21.3. The molecular formula is C19H23Cl2NO3. The first-order valence-electron chi connectivity index (χ1n) is 7.69. The first-order chi connectivity index (χ1) is 11.7. The van der Waals surface area contributed by atoms with Crippen LogP contribution >= 0.6 is 24.0 Å². The van der Waals surface area contributed by atoms with E-state index in [-0.39, 0.29) is 12.4 Å². The Labute approximate surface area is 159 Å². The lowest BCUT2D eigenvalue weighted by Crippen LogP contribution is -2.21. The molecule has 0 radical (unpaired) electrons. The van der Waals surface area contributed by atoms with Crippen molar-refractivity contribution < 1.29 is 14.6 Å². The molecule has 0 fully saturated rings. The monoisotopic (exact) mass is 383 g/mol. The Morgan fingerprint density at radius 3 is 2.64 bits per heavy atom. The molecule has 2 rings (SSSR count). The summed E-state index contributed by atoms with van der Waals surface area (Å²) in [5.74, 6) is 1.08. The van der Waals surface area contributed by atoms with Crippen LogP contribution in [0.1, 0.15) is 17.2 Å². The first-order valence-corrected chi connectivity index (χ1v) is 8.07. The highest BCUT2D eigenvalue weighted by Gasteiger charge is 2.12. The van der Waals surface area contributed by atoms with Crippen molar-refractivity contribution in [1.82, 2.24) is 5.32 Å². The Kier molecular flexibility index (Phi) is 9.39. The highest BCUT2D eigenvalue weighted by atomic mass is 35.5. The van der Waals surface area contributed by atoms with Gasteiger partial charge in [0.2, 0.25) is 0 Å². The SMILES string of the molecule is C=CCOc1c(Cl)cc(CNCC(O)c2ccccc2)cc1OC.Cl. The number of halogens is 2. The second-order valence-electron chi connectivity index (χ2n) is 5.27. The lowest BCUT2D eigenvalue weighted by Gasteiger charge is -2.15. The number of ether oxygens (including phenoxy) is 2. The fourth-order valence-corrected chi connectivity index (χ4v) is 2.59. The molecule has 0 saturated heterocycles. The largest absolute Gasteiger partial charge is 0.493 e. The molecule has 0 aliphatic carbocycles. The van der Waals surface area contributed by atoms with Crippen molar-refractivity contribution >= 4 is 24.0 Å². The maximum Gasteiger partial charge on any atom is 0.180 e. The van der Waals surface area contributed by atoms with E-state index >= 15 is 0 Å². The van der Waals surface area contributed by atoms with Crippen LogP contribution in [0.5, 0.6) is 11.5 Å². The number of benzene rings is 2. The van der Waals surface area contributed by atoms with Crippen LogP contribution in [0.25, 0.3) is 0 Å². The number of rotatable bonds is 9. The number of methoxy groups -OCH3 is 1. The molecule has 0 aliphatic heterocycles. The van der Waals surface area contributed by atoms with E-state index in [1.807, 2.05) is 42.5 Å². The van der Waals surface area contributed by atoms with E-state index in [9.17, 15) is 5.11 Å². The molecule has 25 heavy (non-hydrogen) atoms. The van der Waals surface area contributed by atoms with Crippen LogP contribution in [0.2, 0.25) is 5.02 Å². The fourth-order valence-electron chi connectivity index (χ4n) is 2.30. The van der Waals surface area contributed by atoms with Gasteiger partial charge in [-0.2, -0.15) is 0 Å². The zero-order valence-electron chi connectivity index (χ0n) is 14.1. The second-order valence-corrected chi connectivity index (χ2v) is 5.67. The van der Waals surface area contributed by atoms with Gasteiger partial charge in [-0.05, 0) is 23.3 Å². The topological polar surface area (TPSA) is 50.7 Å². The van der Waals surface area contributed by atoms with E-state index in [1.165, 1.54) is 0 Å². The molecule has 0 saturated carbocycles. The van der Waals surface area contributed by atoms with Crippen molar-refractivity contribution in [2.75, 3.05) is 20.3 Å². The maximum atomic E-state index is 10.2. The van der Waals surface area contributed by atoms with Gasteiger partial charge in [-0.3, -0.25) is 0 Å². The van der Waals surface area contributed by atoms with Crippen LogP contribution in [0, 0.1) is 0 Å². The van der Waals surface area contributed by atoms with Crippen LogP contribution in [-0.4, -0.2) is 25.4 Å². The summed E-state index contributed by atoms with van der Waals surface area (Å²) < 4.78 is 10.9. The Morgan fingerprint density at radius 2 is 2.00 bits per heavy atom. The summed E-state index contributed by atoms with van der Waals surface area (Å²) in [6, 6.07) is 13.2. The minimum atomic E-state index is -0.557. The zero-order chi connectivity index (χ0) is 17.4. The van der Waals surface area contributed by atoms with Gasteiger partial charge in [0.1, 0.15) is 6.61 Å². The third-order valence-corrected chi connectivity index (χ3v) is 3.77. The lowest BCUT2D eigenvalue weighted by atomic mass is 10.1. The van der Waals surface area contributed by atoms with E-state index in [0.29, 0.717) is 36.2 Å². The van der Waals surface area contributed by atoms with Crippen LogP contribution in [-0.2, 0) is 6.54 Å². The number of hydrogen-bond acceptors (Lipinski definition) is 4. The molecule has 4 nitrogen and oxygen atoms in total. The Bertz CT molecular complexity index is 665. The molecule has 1 unspecified atom stereocenters. The molecule has 2 N–H and O–H groups in total. The number of aliphatic hydroxyl groups excluding tert-OH is 1. The van der Waals surface area contributed by atoms with E-state index in [1.54, 1.807) is 13.2 Å². The van der Waals surface area contributed by atoms with Crippen molar-refractivity contribution in [3.8, 4) is 11.5 Å². The molecule has 1 atom stereocenters. The quantitative estimate of drug-likeness (QED) is 0.638. The second kappa shape index (κ2) is 11.0. The molecule has 136 valence electrons. The highest BCUT2D eigenvalue weighted by Crippen LogP contribution is 2.36. The maximum absolute atomic E-state index is 10.2. The molecule has 0 heterocycles. The van der Waals surface area contributed by atoms with E-state index in [2.05, 4.69) is 11.9 Å². The average Bonchev–Trinajstić information content (AvgIpc) is 2.61. The summed E-state index contributed by atoms with van der Waals surface area (Å²) in [5, 5.41) is 13.9. The number of hydrogen-bond donors (Lipinski definition) is 2. The summed E-state index contributed by atoms with van der Waals surface area (Å²) in [4.78, 5) is 0. The molecule has 2 aromatic carbocycles. The lowest BCUT2D eigenvalue weighted by molar-refractivity contribution is 0.174. The normalized spacial score (nSPS) is 11.3. The summed E-state index contributed by atoms with van der Waals surface area (Å²) in [5.41, 5.74) is 1.83. The summed E-state index contributed by atoms with van der Waals surface area (Å²) in [7, 11) is 1.57. The van der Waals surface area contributed by atoms with Crippen molar-refractivity contribution in [1.29, 1.82) is 0 Å². The summed E-state index contributed by atoms with van der Waals surface area (Å²) in [6.45, 7) is 4.98. The van der Waals surface area contributed by atoms with Crippen LogP contribution < -0.4 is 14.8 Å². The van der Waals surface area contributed by atoms with Crippen LogP contribution in [0.3, 0.4) is 0 Å². The minimum absolute atomic E-state index is 0. The molecule has 0 amide bonds. The molecule has 0 aliphatic rings. The molecular weight excluding hydrogens is 361 g/mol. The van der Waals surface area contributed by atoms with Crippen molar-refractivity contribution in [2.24, 2.45) is 0 Å². The third-order valence-electron chi connectivity index (χ3n) is 3.49. The standard InChI is InChI=1S/C19H22ClNO3.ClH/c1-3-9-24-19-16(20)10-14(11-18(19)23-2)12-21-13-17(22)15-7-5-4-6-8-15;/h3-8,10-11,17,21-22H,1,9,12-13H2,2H3;1H. The van der Waals surface area contributed by atoms with Gasteiger partial charge in [0, 0.05) is 13.1 Å². The summed E-state index contributed by atoms with van der Waals surface area (Å²) >= 11 is 6.27. The van der Waals surface area contributed by atoms with E-state index in [4.69, 9.17) is 21.1 Å². The van der Waals surface area contributed by atoms with Crippen LogP contribution in [0.15, 0.2) is 55.1 Å². The van der Waals surface area contributed by atoms with Gasteiger partial charge >= 0.3 is 0 Å². The zero-order valence-corrected chi connectivity index (χ0v) is 15.6. The fraction of sp³-hybridized carbons (Fsp3) is 0.263. The summed E-state index contributed by atoms with van der Waals surface area (Å²) in [6.07, 6.45) is 1.09. The Hall–Kier alpha value is -1.72. The highest BCUT2D eigenvalue weighted by molar-refractivity contribution is 6.32. The van der Waals surface area contributed by atoms with Crippen LogP contribution in [0.4, 0.5) is 0 Å². The Balaban J connectivity index is 0.00000312. The van der Waals surface area contributed by atoms with Crippen molar-refractivity contribution in [3.05, 3.63) is 71.3 Å². The molecule has 2 aromatic rings. The van der Waals surface area contributed by atoms with Gasteiger partial charge in [-0.25, -0.2) is 0 Å². The van der Waals surface area contributed by atoms with Crippen molar-refractivity contribution in [2.45, 2.75) is 12.6 Å². The Morgan fingerprint density at radius 1 is 1.28 bits per heavy atom. The van der Waals surface area contributed by atoms with Gasteiger partial charge in [0.15, 0.2) is 11.5 Å². The third kappa shape index (κ3) is 6.25. The van der Waals surface area contributed by atoms with E-state index in [0.717, 1.165) is 11.1 Å². The average molecular weight is 384 g/mol.